The van der Waals surface area contributed by atoms with Crippen LogP contribution in [-0.4, -0.2) is 61.8 Å². The molecule has 1 aromatic carbocycles. The van der Waals surface area contributed by atoms with Crippen molar-refractivity contribution in [2.24, 2.45) is 5.92 Å². The molecule has 1 aliphatic heterocycles. The molecule has 0 atom stereocenters. The fourth-order valence-corrected chi connectivity index (χ4v) is 3.56. The third kappa shape index (κ3) is 2.91. The molecule has 7 nitrogen and oxygen atoms in total. The van der Waals surface area contributed by atoms with Crippen molar-refractivity contribution in [1.82, 2.24) is 9.21 Å². The van der Waals surface area contributed by atoms with E-state index in [-0.39, 0.29) is 29.5 Å². The van der Waals surface area contributed by atoms with E-state index >= 15 is 0 Å². The summed E-state index contributed by atoms with van der Waals surface area (Å²) >= 11 is 0. The Labute approximate surface area is 122 Å². The van der Waals surface area contributed by atoms with Crippen LogP contribution in [0.15, 0.2) is 29.2 Å². The fraction of sp³-hybridized carbons (Fsp3) is 0.385. The molecule has 1 heterocycles. The SMILES string of the molecule is CN(C)C(=O)c1cccc(S(=O)(=O)N2CC(C(=O)O)C2)c1. The molecule has 1 N–H and O–H groups in total. The molecule has 1 saturated heterocycles. The normalized spacial score (nSPS) is 16.3. The first-order chi connectivity index (χ1) is 9.73. The van der Waals surface area contributed by atoms with Gasteiger partial charge in [0, 0.05) is 32.7 Å². The molecule has 1 fully saturated rings. The van der Waals surface area contributed by atoms with Gasteiger partial charge in [-0.25, -0.2) is 8.42 Å². The Balaban J connectivity index is 2.24. The number of rotatable bonds is 4. The van der Waals surface area contributed by atoms with Crippen molar-refractivity contribution < 1.29 is 23.1 Å². The first-order valence-corrected chi connectivity index (χ1v) is 7.72. The average Bonchev–Trinajstić information content (AvgIpc) is 2.35. The summed E-state index contributed by atoms with van der Waals surface area (Å²) in [5, 5.41) is 8.79. The third-order valence-electron chi connectivity index (χ3n) is 3.32. The maximum atomic E-state index is 12.3. The van der Waals surface area contributed by atoms with Gasteiger partial charge in [0.05, 0.1) is 10.8 Å². The van der Waals surface area contributed by atoms with Crippen molar-refractivity contribution in [3.63, 3.8) is 0 Å². The molecule has 21 heavy (non-hydrogen) atoms. The second-order valence-electron chi connectivity index (χ2n) is 5.08. The van der Waals surface area contributed by atoms with E-state index in [1.807, 2.05) is 0 Å². The zero-order chi connectivity index (χ0) is 15.8. The minimum absolute atomic E-state index is 0.000890. The van der Waals surface area contributed by atoms with E-state index in [9.17, 15) is 18.0 Å². The lowest BCUT2D eigenvalue weighted by Gasteiger charge is -2.35. The van der Waals surface area contributed by atoms with Gasteiger partial charge < -0.3 is 10.0 Å². The van der Waals surface area contributed by atoms with Crippen LogP contribution in [0.3, 0.4) is 0 Å². The molecule has 0 bridgehead atoms. The van der Waals surface area contributed by atoms with E-state index in [4.69, 9.17) is 5.11 Å². The lowest BCUT2D eigenvalue weighted by atomic mass is 10.0. The number of sulfonamides is 1. The van der Waals surface area contributed by atoms with E-state index in [0.29, 0.717) is 0 Å². The Hall–Kier alpha value is -1.93. The zero-order valence-electron chi connectivity index (χ0n) is 11.7. The van der Waals surface area contributed by atoms with Crippen LogP contribution in [0, 0.1) is 5.92 Å². The monoisotopic (exact) mass is 312 g/mol. The molecular formula is C13H16N2O5S. The first kappa shape index (κ1) is 15.5. The van der Waals surface area contributed by atoms with E-state index < -0.39 is 21.9 Å². The standard InChI is InChI=1S/C13H16N2O5S/c1-14(2)12(16)9-4-3-5-11(6-9)21(19,20)15-7-10(8-15)13(17)18/h3-6,10H,7-8H2,1-2H3,(H,17,18). The number of benzene rings is 1. The Morgan fingerprint density at radius 3 is 2.43 bits per heavy atom. The van der Waals surface area contributed by atoms with Crippen molar-refractivity contribution in [3.8, 4) is 0 Å². The number of hydrogen-bond donors (Lipinski definition) is 1. The zero-order valence-corrected chi connectivity index (χ0v) is 12.5. The fourth-order valence-electron chi connectivity index (χ4n) is 1.99. The van der Waals surface area contributed by atoms with Crippen LogP contribution in [0.2, 0.25) is 0 Å². The molecule has 0 radical (unpaired) electrons. The van der Waals surface area contributed by atoms with E-state index in [1.54, 1.807) is 14.1 Å². The van der Waals surface area contributed by atoms with Crippen LogP contribution in [0.1, 0.15) is 10.4 Å². The van der Waals surface area contributed by atoms with Crippen LogP contribution in [-0.2, 0) is 14.8 Å². The second-order valence-corrected chi connectivity index (χ2v) is 7.02. The van der Waals surface area contributed by atoms with E-state index in [0.717, 1.165) is 4.31 Å². The molecule has 1 amide bonds. The number of amides is 1. The highest BCUT2D eigenvalue weighted by molar-refractivity contribution is 7.89. The smallest absolute Gasteiger partial charge is 0.309 e. The Morgan fingerprint density at radius 1 is 1.29 bits per heavy atom. The summed E-state index contributed by atoms with van der Waals surface area (Å²) in [7, 11) is -0.592. The topological polar surface area (TPSA) is 95.0 Å². The van der Waals surface area contributed by atoms with Crippen molar-refractivity contribution in [3.05, 3.63) is 29.8 Å². The van der Waals surface area contributed by atoms with Crippen molar-refractivity contribution in [2.45, 2.75) is 4.90 Å². The number of carbonyl (C=O) groups excluding carboxylic acids is 1. The molecule has 114 valence electrons. The van der Waals surface area contributed by atoms with Gasteiger partial charge in [0.25, 0.3) is 5.91 Å². The van der Waals surface area contributed by atoms with Gasteiger partial charge in [-0.3, -0.25) is 9.59 Å². The summed E-state index contributed by atoms with van der Waals surface area (Å²) in [5.41, 5.74) is 0.274. The maximum Gasteiger partial charge on any atom is 0.309 e. The lowest BCUT2D eigenvalue weighted by Crippen LogP contribution is -2.52. The van der Waals surface area contributed by atoms with Crippen LogP contribution in [0.25, 0.3) is 0 Å². The number of carboxylic acid groups (broad SMARTS) is 1. The number of nitrogens with zero attached hydrogens (tertiary/aromatic N) is 2. The van der Waals surface area contributed by atoms with Gasteiger partial charge in [0.15, 0.2) is 0 Å². The summed E-state index contributed by atoms with van der Waals surface area (Å²) in [6.45, 7) is -0.0763. The van der Waals surface area contributed by atoms with Gasteiger partial charge >= 0.3 is 5.97 Å². The van der Waals surface area contributed by atoms with Crippen LogP contribution < -0.4 is 0 Å². The van der Waals surface area contributed by atoms with Crippen molar-refractivity contribution >= 4 is 21.9 Å². The second kappa shape index (κ2) is 5.45. The van der Waals surface area contributed by atoms with Gasteiger partial charge in [0.1, 0.15) is 0 Å². The number of aliphatic carboxylic acids is 1. The van der Waals surface area contributed by atoms with Gasteiger partial charge in [-0.15, -0.1) is 0 Å². The van der Waals surface area contributed by atoms with Gasteiger partial charge in [-0.1, -0.05) is 6.07 Å². The maximum absolute atomic E-state index is 12.3. The Morgan fingerprint density at radius 2 is 1.90 bits per heavy atom. The minimum atomic E-state index is -3.75. The predicted molar refractivity (Wildman–Crippen MR) is 74.3 cm³/mol. The van der Waals surface area contributed by atoms with E-state index in [1.165, 1.54) is 29.2 Å². The van der Waals surface area contributed by atoms with Gasteiger partial charge in [-0.05, 0) is 18.2 Å². The first-order valence-electron chi connectivity index (χ1n) is 6.28. The molecule has 0 unspecified atom stereocenters. The predicted octanol–water partition coefficient (Wildman–Crippen LogP) is 0.0935. The summed E-state index contributed by atoms with van der Waals surface area (Å²) in [6, 6.07) is 5.75. The quantitative estimate of drug-likeness (QED) is 0.850. The van der Waals surface area contributed by atoms with Gasteiger partial charge in [-0.2, -0.15) is 4.31 Å². The van der Waals surface area contributed by atoms with Crippen molar-refractivity contribution in [2.75, 3.05) is 27.2 Å². The summed E-state index contributed by atoms with van der Waals surface area (Å²) in [5.74, 6) is -1.96. The molecule has 2 rings (SSSR count). The number of carbonyl (C=O) groups is 2. The molecular weight excluding hydrogens is 296 g/mol. The highest BCUT2D eigenvalue weighted by atomic mass is 32.2. The molecule has 0 aromatic heterocycles. The highest BCUT2D eigenvalue weighted by Gasteiger charge is 2.40. The summed E-state index contributed by atoms with van der Waals surface area (Å²) in [4.78, 5) is 24.0. The van der Waals surface area contributed by atoms with Crippen LogP contribution in [0.4, 0.5) is 0 Å². The molecule has 0 saturated carbocycles. The summed E-state index contributed by atoms with van der Waals surface area (Å²) in [6.07, 6.45) is 0. The molecule has 1 aromatic rings. The van der Waals surface area contributed by atoms with Crippen LogP contribution in [0.5, 0.6) is 0 Å². The third-order valence-corrected chi connectivity index (χ3v) is 5.15. The van der Waals surface area contributed by atoms with Crippen LogP contribution >= 0.6 is 0 Å². The summed E-state index contributed by atoms with van der Waals surface area (Å²) < 4.78 is 25.8. The Kier molecular flexibility index (Phi) is 4.02. The number of carboxylic acids is 1. The van der Waals surface area contributed by atoms with E-state index in [2.05, 4.69) is 0 Å². The molecule has 0 spiro atoms. The van der Waals surface area contributed by atoms with Gasteiger partial charge in [0.2, 0.25) is 10.0 Å². The highest BCUT2D eigenvalue weighted by Crippen LogP contribution is 2.25. The largest absolute Gasteiger partial charge is 0.481 e. The molecule has 8 heteroatoms. The molecule has 0 aliphatic carbocycles. The average molecular weight is 312 g/mol. The number of hydrogen-bond acceptors (Lipinski definition) is 4. The lowest BCUT2D eigenvalue weighted by molar-refractivity contribution is -0.145. The molecule has 1 aliphatic rings. The minimum Gasteiger partial charge on any atom is -0.481 e. The Bertz CT molecular complexity index is 678. The van der Waals surface area contributed by atoms with Crippen molar-refractivity contribution in [1.29, 1.82) is 0 Å².